The summed E-state index contributed by atoms with van der Waals surface area (Å²) in [4.78, 5) is 2.71. The van der Waals surface area contributed by atoms with E-state index in [1.54, 1.807) is 19.1 Å². The third-order valence-electron chi connectivity index (χ3n) is 2.10. The van der Waals surface area contributed by atoms with E-state index in [-0.39, 0.29) is 5.52 Å². The molecular formula is C12H14F3N. The standard InChI is InChI=1S/C10H8F3N.C2H6/c1-6-5-7-3-2-4-8(9(7)14-6)10(11,12)13;1-2/h2-5,14H,1H3;1-2H3. The molecule has 16 heavy (non-hydrogen) atoms. The van der Waals surface area contributed by atoms with Gasteiger partial charge in [-0.05, 0) is 19.1 Å². The first-order valence-electron chi connectivity index (χ1n) is 5.14. The highest BCUT2D eigenvalue weighted by Gasteiger charge is 2.32. The van der Waals surface area contributed by atoms with Crippen LogP contribution in [0.15, 0.2) is 24.3 Å². The van der Waals surface area contributed by atoms with Gasteiger partial charge in [0.25, 0.3) is 0 Å². The van der Waals surface area contributed by atoms with Gasteiger partial charge in [0.2, 0.25) is 0 Å². The Hall–Kier alpha value is -1.45. The fourth-order valence-electron chi connectivity index (χ4n) is 1.53. The summed E-state index contributed by atoms with van der Waals surface area (Å²) in [6.45, 7) is 5.74. The number of aromatic nitrogens is 1. The number of fused-ring (bicyclic) bond motifs is 1. The fourth-order valence-corrected chi connectivity index (χ4v) is 1.53. The van der Waals surface area contributed by atoms with Crippen molar-refractivity contribution >= 4 is 10.9 Å². The lowest BCUT2D eigenvalue weighted by Gasteiger charge is -2.07. The predicted octanol–water partition coefficient (Wildman–Crippen LogP) is 4.52. The summed E-state index contributed by atoms with van der Waals surface area (Å²) in [6.07, 6.45) is -4.29. The van der Waals surface area contributed by atoms with Crippen molar-refractivity contribution in [2.24, 2.45) is 0 Å². The second kappa shape index (κ2) is 4.60. The van der Waals surface area contributed by atoms with Crippen molar-refractivity contribution in [3.63, 3.8) is 0 Å². The minimum absolute atomic E-state index is 0.164. The van der Waals surface area contributed by atoms with Crippen molar-refractivity contribution in [2.75, 3.05) is 0 Å². The van der Waals surface area contributed by atoms with Crippen LogP contribution in [0.1, 0.15) is 25.1 Å². The molecule has 0 fully saturated rings. The smallest absolute Gasteiger partial charge is 0.358 e. The highest BCUT2D eigenvalue weighted by molar-refractivity contribution is 5.83. The van der Waals surface area contributed by atoms with Crippen LogP contribution in [0.25, 0.3) is 10.9 Å². The zero-order valence-corrected chi connectivity index (χ0v) is 9.44. The first kappa shape index (κ1) is 12.6. The van der Waals surface area contributed by atoms with Crippen molar-refractivity contribution < 1.29 is 13.2 Å². The molecule has 0 unspecified atom stereocenters. The lowest BCUT2D eigenvalue weighted by molar-refractivity contribution is -0.136. The Bertz CT molecular complexity index is 469. The highest BCUT2D eigenvalue weighted by Crippen LogP contribution is 2.34. The van der Waals surface area contributed by atoms with Gasteiger partial charge in [0.1, 0.15) is 0 Å². The summed E-state index contributed by atoms with van der Waals surface area (Å²) in [5.41, 5.74) is 0.289. The van der Waals surface area contributed by atoms with E-state index in [0.717, 1.165) is 11.8 Å². The number of halogens is 3. The molecule has 0 atom stereocenters. The number of para-hydroxylation sites is 1. The van der Waals surface area contributed by atoms with Crippen LogP contribution in [0.4, 0.5) is 13.2 Å². The third kappa shape index (κ3) is 2.38. The fraction of sp³-hybridized carbons (Fsp3) is 0.333. The van der Waals surface area contributed by atoms with E-state index < -0.39 is 11.7 Å². The molecule has 0 aliphatic heterocycles. The predicted molar refractivity (Wildman–Crippen MR) is 59.4 cm³/mol. The highest BCUT2D eigenvalue weighted by atomic mass is 19.4. The Morgan fingerprint density at radius 2 is 1.75 bits per heavy atom. The summed E-state index contributed by atoms with van der Waals surface area (Å²) in [5.74, 6) is 0. The summed E-state index contributed by atoms with van der Waals surface area (Å²) in [7, 11) is 0. The van der Waals surface area contributed by atoms with Gasteiger partial charge in [-0.15, -0.1) is 0 Å². The van der Waals surface area contributed by atoms with E-state index in [9.17, 15) is 13.2 Å². The molecule has 0 bridgehead atoms. The van der Waals surface area contributed by atoms with Gasteiger partial charge in [-0.25, -0.2) is 0 Å². The number of benzene rings is 1. The number of H-pyrrole nitrogens is 1. The second-order valence-corrected chi connectivity index (χ2v) is 3.22. The molecule has 1 aromatic heterocycles. The van der Waals surface area contributed by atoms with Crippen LogP contribution in [0.5, 0.6) is 0 Å². The Balaban J connectivity index is 0.000000606. The Kier molecular flexibility index (Phi) is 3.62. The molecule has 0 amide bonds. The molecular weight excluding hydrogens is 215 g/mol. The third-order valence-corrected chi connectivity index (χ3v) is 2.10. The Morgan fingerprint density at radius 1 is 1.12 bits per heavy atom. The van der Waals surface area contributed by atoms with Crippen molar-refractivity contribution in [1.82, 2.24) is 4.98 Å². The van der Waals surface area contributed by atoms with E-state index in [1.807, 2.05) is 13.8 Å². The average Bonchev–Trinajstić information content (AvgIpc) is 2.58. The normalized spacial score (nSPS) is 11.1. The summed E-state index contributed by atoms with van der Waals surface area (Å²) in [5, 5.41) is 0.595. The minimum Gasteiger partial charge on any atom is -0.358 e. The number of rotatable bonds is 0. The first-order valence-corrected chi connectivity index (χ1v) is 5.14. The molecule has 1 N–H and O–H groups in total. The molecule has 0 aliphatic rings. The van der Waals surface area contributed by atoms with Crippen molar-refractivity contribution in [3.8, 4) is 0 Å². The van der Waals surface area contributed by atoms with Gasteiger partial charge in [-0.1, -0.05) is 26.0 Å². The number of nitrogens with one attached hydrogen (secondary N) is 1. The van der Waals surface area contributed by atoms with Crippen LogP contribution >= 0.6 is 0 Å². The molecule has 88 valence electrons. The van der Waals surface area contributed by atoms with E-state index in [1.165, 1.54) is 6.07 Å². The molecule has 2 aromatic rings. The molecule has 0 aliphatic carbocycles. The molecule has 4 heteroatoms. The molecule has 0 saturated heterocycles. The maximum atomic E-state index is 12.5. The second-order valence-electron chi connectivity index (χ2n) is 3.22. The molecule has 0 saturated carbocycles. The molecule has 1 nitrogen and oxygen atoms in total. The van der Waals surface area contributed by atoms with Gasteiger partial charge in [-0.2, -0.15) is 13.2 Å². The van der Waals surface area contributed by atoms with E-state index >= 15 is 0 Å². The number of aromatic amines is 1. The van der Waals surface area contributed by atoms with Gasteiger partial charge in [0, 0.05) is 11.1 Å². The SMILES string of the molecule is CC.Cc1cc2cccc(C(F)(F)F)c2[nH]1. The number of aryl methyl sites for hydroxylation is 1. The summed E-state index contributed by atoms with van der Waals surface area (Å²) in [6, 6.07) is 5.86. The maximum Gasteiger partial charge on any atom is 0.418 e. The molecule has 1 aromatic carbocycles. The molecule has 0 radical (unpaired) electrons. The van der Waals surface area contributed by atoms with Crippen molar-refractivity contribution in [3.05, 3.63) is 35.5 Å². The average molecular weight is 229 g/mol. The Morgan fingerprint density at radius 3 is 2.31 bits per heavy atom. The molecule has 0 spiro atoms. The van der Waals surface area contributed by atoms with E-state index in [2.05, 4.69) is 4.98 Å². The zero-order valence-electron chi connectivity index (χ0n) is 9.44. The largest absolute Gasteiger partial charge is 0.418 e. The maximum absolute atomic E-state index is 12.5. The summed E-state index contributed by atoms with van der Waals surface area (Å²) < 4.78 is 37.5. The van der Waals surface area contributed by atoms with Gasteiger partial charge in [-0.3, -0.25) is 0 Å². The number of hydrogen-bond acceptors (Lipinski definition) is 0. The zero-order chi connectivity index (χ0) is 12.3. The van der Waals surface area contributed by atoms with Gasteiger partial charge in [0.05, 0.1) is 11.1 Å². The van der Waals surface area contributed by atoms with Crippen LogP contribution in [-0.4, -0.2) is 4.98 Å². The van der Waals surface area contributed by atoms with Crippen LogP contribution in [-0.2, 0) is 6.18 Å². The Labute approximate surface area is 92.3 Å². The topological polar surface area (TPSA) is 15.8 Å². The van der Waals surface area contributed by atoms with Gasteiger partial charge >= 0.3 is 6.18 Å². The van der Waals surface area contributed by atoms with Crippen LogP contribution < -0.4 is 0 Å². The number of alkyl halides is 3. The van der Waals surface area contributed by atoms with Crippen LogP contribution in [0, 0.1) is 6.92 Å². The monoisotopic (exact) mass is 229 g/mol. The summed E-state index contributed by atoms with van der Waals surface area (Å²) >= 11 is 0. The van der Waals surface area contributed by atoms with Gasteiger partial charge in [0.15, 0.2) is 0 Å². The first-order chi connectivity index (χ1) is 7.48. The van der Waals surface area contributed by atoms with Crippen LogP contribution in [0.3, 0.4) is 0 Å². The van der Waals surface area contributed by atoms with E-state index in [0.29, 0.717) is 5.39 Å². The number of hydrogen-bond donors (Lipinski definition) is 1. The lowest BCUT2D eigenvalue weighted by atomic mass is 10.1. The van der Waals surface area contributed by atoms with E-state index in [4.69, 9.17) is 0 Å². The van der Waals surface area contributed by atoms with Crippen molar-refractivity contribution in [1.29, 1.82) is 0 Å². The molecule has 1 heterocycles. The quantitative estimate of drug-likeness (QED) is 0.683. The molecule has 2 rings (SSSR count). The minimum atomic E-state index is -4.29. The van der Waals surface area contributed by atoms with Gasteiger partial charge < -0.3 is 4.98 Å². The van der Waals surface area contributed by atoms with Crippen molar-refractivity contribution in [2.45, 2.75) is 26.9 Å². The van der Waals surface area contributed by atoms with Crippen LogP contribution in [0.2, 0.25) is 0 Å². The lowest BCUT2D eigenvalue weighted by Crippen LogP contribution is -2.05.